The Balaban J connectivity index is 0.00000180. The number of thioether (sulfide) groups is 1. The average Bonchev–Trinajstić information content (AvgIpc) is 2.56. The Morgan fingerprint density at radius 3 is 2.89 bits per heavy atom. The van der Waals surface area contributed by atoms with Crippen molar-refractivity contribution < 1.29 is 4.79 Å². The lowest BCUT2D eigenvalue weighted by atomic mass is 10.0. The number of hydrogen-bond donors (Lipinski definition) is 2. The Bertz CT molecular complexity index is 272. The van der Waals surface area contributed by atoms with Gasteiger partial charge in [-0.05, 0) is 25.2 Å². The molecule has 0 aromatic heterocycles. The van der Waals surface area contributed by atoms with Crippen LogP contribution < -0.4 is 10.6 Å². The molecule has 2 fully saturated rings. The zero-order chi connectivity index (χ0) is 12.8. The molecule has 3 atom stereocenters. The fourth-order valence-electron chi connectivity index (χ4n) is 2.89. The summed E-state index contributed by atoms with van der Waals surface area (Å²) in [6.07, 6.45) is 6.85. The predicted octanol–water partition coefficient (Wildman–Crippen LogP) is 2.59. The first-order valence-electron chi connectivity index (χ1n) is 7.34. The second-order valence-corrected chi connectivity index (χ2v) is 6.96. The van der Waals surface area contributed by atoms with E-state index in [1.807, 2.05) is 11.8 Å². The first-order valence-corrected chi connectivity index (χ1v) is 8.50. The highest BCUT2D eigenvalue weighted by Crippen LogP contribution is 2.22. The quantitative estimate of drug-likeness (QED) is 0.788. The summed E-state index contributed by atoms with van der Waals surface area (Å²) in [5.41, 5.74) is 0. The van der Waals surface area contributed by atoms with E-state index < -0.39 is 0 Å². The molecule has 0 aromatic rings. The molecule has 1 saturated carbocycles. The van der Waals surface area contributed by atoms with Crippen LogP contribution in [0.2, 0.25) is 0 Å². The molecule has 3 unspecified atom stereocenters. The van der Waals surface area contributed by atoms with Crippen molar-refractivity contribution in [1.29, 1.82) is 0 Å². The molecule has 3 nitrogen and oxygen atoms in total. The van der Waals surface area contributed by atoms with E-state index >= 15 is 0 Å². The van der Waals surface area contributed by atoms with Gasteiger partial charge in [0.05, 0.1) is 0 Å². The maximum Gasteiger partial charge on any atom is 0.221 e. The summed E-state index contributed by atoms with van der Waals surface area (Å²) in [6, 6.07) is 0.812. The number of hydrogen-bond acceptors (Lipinski definition) is 3. The van der Waals surface area contributed by atoms with Crippen molar-refractivity contribution in [2.75, 3.05) is 18.1 Å². The van der Waals surface area contributed by atoms with Crippen LogP contribution in [0.25, 0.3) is 0 Å². The molecule has 1 saturated heterocycles. The number of carbonyl (C=O) groups is 1. The Morgan fingerprint density at radius 2 is 2.16 bits per heavy atom. The van der Waals surface area contributed by atoms with E-state index in [-0.39, 0.29) is 18.3 Å². The molecule has 0 aromatic carbocycles. The largest absolute Gasteiger partial charge is 0.353 e. The first kappa shape index (κ1) is 17.1. The Labute approximate surface area is 127 Å². The normalized spacial score (nSPS) is 31.9. The molecule has 5 heteroatoms. The number of nitrogens with one attached hydrogen (secondary N) is 2. The second-order valence-electron chi connectivity index (χ2n) is 5.81. The van der Waals surface area contributed by atoms with Gasteiger partial charge < -0.3 is 10.6 Å². The zero-order valence-electron chi connectivity index (χ0n) is 11.8. The summed E-state index contributed by atoms with van der Waals surface area (Å²) < 4.78 is 0. The highest BCUT2D eigenvalue weighted by atomic mass is 35.5. The van der Waals surface area contributed by atoms with Gasteiger partial charge in [0.15, 0.2) is 0 Å². The van der Waals surface area contributed by atoms with Gasteiger partial charge in [0.25, 0.3) is 0 Å². The van der Waals surface area contributed by atoms with Crippen LogP contribution in [0.4, 0.5) is 0 Å². The van der Waals surface area contributed by atoms with Gasteiger partial charge in [-0.1, -0.05) is 19.8 Å². The van der Waals surface area contributed by atoms with Gasteiger partial charge in [0, 0.05) is 36.6 Å². The molecule has 0 bridgehead atoms. The topological polar surface area (TPSA) is 41.1 Å². The molecular weight excluding hydrogens is 280 g/mol. The lowest BCUT2D eigenvalue weighted by molar-refractivity contribution is -0.122. The van der Waals surface area contributed by atoms with Crippen LogP contribution in [0.5, 0.6) is 0 Å². The van der Waals surface area contributed by atoms with Crippen molar-refractivity contribution in [2.24, 2.45) is 5.92 Å². The lowest BCUT2D eigenvalue weighted by Crippen LogP contribution is -2.43. The van der Waals surface area contributed by atoms with Crippen LogP contribution in [0, 0.1) is 5.92 Å². The van der Waals surface area contributed by atoms with Crippen LogP contribution in [0.15, 0.2) is 0 Å². The van der Waals surface area contributed by atoms with Crippen LogP contribution in [0.1, 0.15) is 45.4 Å². The van der Waals surface area contributed by atoms with Gasteiger partial charge in [-0.15, -0.1) is 12.4 Å². The van der Waals surface area contributed by atoms with Gasteiger partial charge in [-0.3, -0.25) is 4.79 Å². The first-order chi connectivity index (χ1) is 8.74. The number of halogens is 1. The minimum atomic E-state index is 0. The fourth-order valence-corrected chi connectivity index (χ4v) is 3.84. The Morgan fingerprint density at radius 1 is 1.32 bits per heavy atom. The van der Waals surface area contributed by atoms with Crippen molar-refractivity contribution in [3.63, 3.8) is 0 Å². The Hall–Kier alpha value is 0.0700. The van der Waals surface area contributed by atoms with E-state index in [0.29, 0.717) is 18.5 Å². The summed E-state index contributed by atoms with van der Waals surface area (Å²) in [4.78, 5) is 12.0. The van der Waals surface area contributed by atoms with E-state index in [0.717, 1.165) is 18.2 Å². The number of carbonyl (C=O) groups excluding carboxylic acids is 1. The van der Waals surface area contributed by atoms with Gasteiger partial charge in [-0.25, -0.2) is 0 Å². The summed E-state index contributed by atoms with van der Waals surface area (Å²) in [5, 5.41) is 6.66. The summed E-state index contributed by atoms with van der Waals surface area (Å²) in [7, 11) is 0. The van der Waals surface area contributed by atoms with Crippen molar-refractivity contribution >= 4 is 30.1 Å². The van der Waals surface area contributed by atoms with Crippen molar-refractivity contribution in [1.82, 2.24) is 10.6 Å². The summed E-state index contributed by atoms with van der Waals surface area (Å²) >= 11 is 1.95. The van der Waals surface area contributed by atoms with E-state index in [9.17, 15) is 4.79 Å². The molecule has 1 amide bonds. The number of rotatable bonds is 3. The average molecular weight is 307 g/mol. The van der Waals surface area contributed by atoms with Crippen molar-refractivity contribution in [3.05, 3.63) is 0 Å². The summed E-state index contributed by atoms with van der Waals surface area (Å²) in [6.45, 7) is 3.37. The third-order valence-electron chi connectivity index (χ3n) is 4.05. The maximum atomic E-state index is 12.0. The molecule has 2 rings (SSSR count). The molecule has 1 aliphatic heterocycles. The van der Waals surface area contributed by atoms with Gasteiger partial charge >= 0.3 is 0 Å². The molecule has 112 valence electrons. The number of amides is 1. The third kappa shape index (κ3) is 6.37. The van der Waals surface area contributed by atoms with E-state index in [4.69, 9.17) is 0 Å². The maximum absolute atomic E-state index is 12.0. The van der Waals surface area contributed by atoms with Crippen LogP contribution in [-0.2, 0) is 4.79 Å². The fraction of sp³-hybridized carbons (Fsp3) is 0.929. The van der Waals surface area contributed by atoms with E-state index in [2.05, 4.69) is 17.6 Å². The monoisotopic (exact) mass is 306 g/mol. The molecular formula is C14H27ClN2OS. The highest BCUT2D eigenvalue weighted by Gasteiger charge is 2.21. The third-order valence-corrected chi connectivity index (χ3v) is 5.18. The molecule has 2 aliphatic rings. The lowest BCUT2D eigenvalue weighted by Gasteiger charge is -2.24. The predicted molar refractivity (Wildman–Crippen MR) is 85.2 cm³/mol. The standard InChI is InChI=1S/C14H26N2OS.ClH/c1-11-3-2-4-12(6-5-11)16-14(17)9-13-10-18-8-7-15-13;/h11-13,15H,2-10H2,1H3,(H,16,17);1H. The van der Waals surface area contributed by atoms with Gasteiger partial charge in [-0.2, -0.15) is 11.8 Å². The minimum Gasteiger partial charge on any atom is -0.353 e. The van der Waals surface area contributed by atoms with Crippen LogP contribution in [0.3, 0.4) is 0 Å². The Kier molecular flexibility index (Phi) is 8.19. The minimum absolute atomic E-state index is 0. The molecule has 0 spiro atoms. The van der Waals surface area contributed by atoms with Gasteiger partial charge in [0.1, 0.15) is 0 Å². The van der Waals surface area contributed by atoms with Crippen molar-refractivity contribution in [3.8, 4) is 0 Å². The van der Waals surface area contributed by atoms with Crippen LogP contribution >= 0.6 is 24.2 Å². The summed E-state index contributed by atoms with van der Waals surface area (Å²) in [5.74, 6) is 3.34. The highest BCUT2D eigenvalue weighted by molar-refractivity contribution is 7.99. The molecule has 19 heavy (non-hydrogen) atoms. The van der Waals surface area contributed by atoms with E-state index in [1.54, 1.807) is 0 Å². The second kappa shape index (κ2) is 9.09. The van der Waals surface area contributed by atoms with E-state index in [1.165, 1.54) is 37.9 Å². The van der Waals surface area contributed by atoms with Crippen molar-refractivity contribution in [2.45, 2.75) is 57.5 Å². The SMILES string of the molecule is CC1CCCC(NC(=O)CC2CSCCN2)CC1.Cl. The molecule has 0 radical (unpaired) electrons. The zero-order valence-corrected chi connectivity index (χ0v) is 13.5. The smallest absolute Gasteiger partial charge is 0.221 e. The molecule has 2 N–H and O–H groups in total. The molecule has 1 aliphatic carbocycles. The molecule has 1 heterocycles. The van der Waals surface area contributed by atoms with Gasteiger partial charge in [0.2, 0.25) is 5.91 Å². The van der Waals surface area contributed by atoms with Crippen LogP contribution in [-0.4, -0.2) is 36.0 Å².